The van der Waals surface area contributed by atoms with Gasteiger partial charge in [-0.2, -0.15) is 0 Å². The predicted molar refractivity (Wildman–Crippen MR) is 95.2 cm³/mol. The van der Waals surface area contributed by atoms with Gasteiger partial charge in [0, 0.05) is 19.2 Å². The minimum Gasteiger partial charge on any atom is -0.369 e. The van der Waals surface area contributed by atoms with Gasteiger partial charge in [0.25, 0.3) is 0 Å². The largest absolute Gasteiger partial charge is 0.369 e. The van der Waals surface area contributed by atoms with Gasteiger partial charge in [-0.15, -0.1) is 0 Å². The van der Waals surface area contributed by atoms with Gasteiger partial charge < -0.3 is 10.6 Å². The highest BCUT2D eigenvalue weighted by Crippen LogP contribution is 2.19. The molecule has 0 fully saturated rings. The Labute approximate surface area is 133 Å². The van der Waals surface area contributed by atoms with Gasteiger partial charge in [-0.05, 0) is 23.1 Å². The smallest absolute Gasteiger partial charge is 0.200 e. The monoisotopic (exact) mass is 295 g/mol. The number of benzene rings is 1. The summed E-state index contributed by atoms with van der Waals surface area (Å²) in [6, 6.07) is 8.53. The molecule has 116 valence electrons. The van der Waals surface area contributed by atoms with E-state index < -0.39 is 0 Å². The van der Waals surface area contributed by atoms with Gasteiger partial charge in [-0.3, -0.25) is 0 Å². The van der Waals surface area contributed by atoms with Crippen molar-refractivity contribution >= 4 is 12.0 Å². The SMILES string of the molecule is C=C1C=C(Cc2cccc(/C=C/C(C)CC)c2)N=C(N)N1C. The van der Waals surface area contributed by atoms with Crippen molar-refractivity contribution in [1.82, 2.24) is 4.90 Å². The number of aliphatic imine (C=N–C) groups is 1. The summed E-state index contributed by atoms with van der Waals surface area (Å²) in [5, 5.41) is 0. The number of guanidine groups is 1. The number of rotatable bonds is 5. The minimum atomic E-state index is 0.496. The zero-order valence-corrected chi connectivity index (χ0v) is 13.7. The van der Waals surface area contributed by atoms with Crippen LogP contribution >= 0.6 is 0 Å². The molecule has 1 aromatic rings. The fraction of sp³-hybridized carbons (Fsp3) is 0.316. The molecule has 0 aromatic heterocycles. The zero-order chi connectivity index (χ0) is 16.1. The summed E-state index contributed by atoms with van der Waals surface area (Å²) >= 11 is 0. The number of hydrogen-bond acceptors (Lipinski definition) is 3. The van der Waals surface area contributed by atoms with E-state index in [2.05, 4.69) is 61.8 Å². The van der Waals surface area contributed by atoms with Crippen molar-refractivity contribution in [3.63, 3.8) is 0 Å². The maximum absolute atomic E-state index is 5.90. The molecule has 0 amide bonds. The molecule has 0 aliphatic carbocycles. The third kappa shape index (κ3) is 4.10. The summed E-state index contributed by atoms with van der Waals surface area (Å²) in [5.41, 5.74) is 10.2. The maximum Gasteiger partial charge on any atom is 0.200 e. The first-order valence-electron chi connectivity index (χ1n) is 7.74. The minimum absolute atomic E-state index is 0.496. The molecule has 0 saturated carbocycles. The van der Waals surface area contributed by atoms with Crippen LogP contribution in [0.3, 0.4) is 0 Å². The number of hydrogen-bond donors (Lipinski definition) is 1. The van der Waals surface area contributed by atoms with Crippen LogP contribution < -0.4 is 5.73 Å². The highest BCUT2D eigenvalue weighted by Gasteiger charge is 2.12. The molecule has 3 nitrogen and oxygen atoms in total. The summed E-state index contributed by atoms with van der Waals surface area (Å²) < 4.78 is 0. The van der Waals surface area contributed by atoms with Crippen LogP contribution in [0.2, 0.25) is 0 Å². The molecule has 3 heteroatoms. The van der Waals surface area contributed by atoms with E-state index in [1.54, 1.807) is 4.90 Å². The lowest BCUT2D eigenvalue weighted by molar-refractivity contribution is 0.627. The Kier molecular flexibility index (Phi) is 5.21. The molecule has 1 aromatic carbocycles. The Morgan fingerprint density at radius 1 is 1.41 bits per heavy atom. The Hall–Kier alpha value is -2.29. The molecule has 0 bridgehead atoms. The first-order chi connectivity index (χ1) is 10.5. The van der Waals surface area contributed by atoms with Gasteiger partial charge in [-0.25, -0.2) is 4.99 Å². The van der Waals surface area contributed by atoms with Crippen molar-refractivity contribution < 1.29 is 0 Å². The fourth-order valence-corrected chi connectivity index (χ4v) is 2.21. The van der Waals surface area contributed by atoms with E-state index in [0.717, 1.165) is 24.2 Å². The van der Waals surface area contributed by atoms with Crippen molar-refractivity contribution in [2.24, 2.45) is 16.6 Å². The molecule has 1 heterocycles. The van der Waals surface area contributed by atoms with Gasteiger partial charge >= 0.3 is 0 Å². The third-order valence-corrected chi connectivity index (χ3v) is 3.96. The molecule has 2 rings (SSSR count). The lowest BCUT2D eigenvalue weighted by Crippen LogP contribution is -2.34. The summed E-state index contributed by atoms with van der Waals surface area (Å²) in [7, 11) is 1.87. The van der Waals surface area contributed by atoms with Gasteiger partial charge in [-0.1, -0.05) is 63.3 Å². The molecule has 0 saturated heterocycles. The quantitative estimate of drug-likeness (QED) is 0.893. The Morgan fingerprint density at radius 3 is 2.86 bits per heavy atom. The molecule has 1 unspecified atom stereocenters. The Bertz CT molecular complexity index is 638. The average Bonchev–Trinajstić information content (AvgIpc) is 2.50. The lowest BCUT2D eigenvalue weighted by atomic mass is 10.0. The summed E-state index contributed by atoms with van der Waals surface area (Å²) in [6.07, 6.45) is 8.35. The maximum atomic E-state index is 5.90. The molecule has 1 atom stereocenters. The van der Waals surface area contributed by atoms with E-state index in [4.69, 9.17) is 5.73 Å². The molecule has 2 N–H and O–H groups in total. The lowest BCUT2D eigenvalue weighted by Gasteiger charge is -2.23. The molecule has 1 aliphatic heterocycles. The van der Waals surface area contributed by atoms with Crippen molar-refractivity contribution in [3.05, 3.63) is 65.5 Å². The van der Waals surface area contributed by atoms with Crippen molar-refractivity contribution in [2.75, 3.05) is 7.05 Å². The predicted octanol–water partition coefficient (Wildman–Crippen LogP) is 3.95. The van der Waals surface area contributed by atoms with E-state index in [0.29, 0.717) is 11.9 Å². The number of allylic oxidation sites excluding steroid dienone is 3. The number of nitrogens with two attached hydrogens (primary N) is 1. The second-order valence-electron chi connectivity index (χ2n) is 5.82. The second kappa shape index (κ2) is 7.12. The van der Waals surface area contributed by atoms with Gasteiger partial charge in [0.2, 0.25) is 0 Å². The molecule has 0 spiro atoms. The molecule has 0 radical (unpaired) electrons. The van der Waals surface area contributed by atoms with E-state index in [-0.39, 0.29) is 0 Å². The molecule has 1 aliphatic rings. The standard InChI is InChI=1S/C19H25N3/c1-5-14(2)9-10-16-7-6-8-17(12-16)13-18-11-15(3)22(4)19(20)21-18/h6-12,14H,3,5,13H2,1-2,4H3,(H2,20,21)/b10-9+. The van der Waals surface area contributed by atoms with Crippen LogP contribution in [0.15, 0.2) is 59.4 Å². The normalized spacial score (nSPS) is 16.7. The molecule has 22 heavy (non-hydrogen) atoms. The van der Waals surface area contributed by atoms with Crippen molar-refractivity contribution in [1.29, 1.82) is 0 Å². The average molecular weight is 295 g/mol. The fourth-order valence-electron chi connectivity index (χ4n) is 2.21. The number of nitrogens with zero attached hydrogens (tertiary/aromatic N) is 2. The summed E-state index contributed by atoms with van der Waals surface area (Å²) in [5.74, 6) is 1.10. The van der Waals surface area contributed by atoms with Crippen LogP contribution in [0.5, 0.6) is 0 Å². The van der Waals surface area contributed by atoms with Crippen LogP contribution in [0.4, 0.5) is 0 Å². The van der Waals surface area contributed by atoms with E-state index >= 15 is 0 Å². The van der Waals surface area contributed by atoms with Gasteiger partial charge in [0.05, 0.1) is 5.70 Å². The van der Waals surface area contributed by atoms with Crippen LogP contribution in [0.1, 0.15) is 31.4 Å². The molecular weight excluding hydrogens is 270 g/mol. The second-order valence-corrected chi connectivity index (χ2v) is 5.82. The first-order valence-corrected chi connectivity index (χ1v) is 7.74. The van der Waals surface area contributed by atoms with E-state index in [1.165, 1.54) is 11.1 Å². The highest BCUT2D eigenvalue weighted by atomic mass is 15.2. The van der Waals surface area contributed by atoms with E-state index in [1.807, 2.05) is 13.1 Å². The van der Waals surface area contributed by atoms with Gasteiger partial charge in [0.15, 0.2) is 5.96 Å². The zero-order valence-electron chi connectivity index (χ0n) is 13.7. The summed E-state index contributed by atoms with van der Waals surface area (Å²) in [6.45, 7) is 8.42. The topological polar surface area (TPSA) is 41.6 Å². The number of likely N-dealkylation sites (N-methyl/N-ethyl adjacent to an activating group) is 1. The van der Waals surface area contributed by atoms with Crippen LogP contribution in [-0.4, -0.2) is 17.9 Å². The Morgan fingerprint density at radius 2 is 2.18 bits per heavy atom. The third-order valence-electron chi connectivity index (χ3n) is 3.96. The van der Waals surface area contributed by atoms with Crippen molar-refractivity contribution in [2.45, 2.75) is 26.7 Å². The van der Waals surface area contributed by atoms with E-state index in [9.17, 15) is 0 Å². The first kappa shape index (κ1) is 16.1. The molecular formula is C19H25N3. The Balaban J connectivity index is 2.13. The summed E-state index contributed by atoms with van der Waals surface area (Å²) in [4.78, 5) is 6.22. The highest BCUT2D eigenvalue weighted by molar-refractivity contribution is 5.82. The van der Waals surface area contributed by atoms with Crippen LogP contribution in [0.25, 0.3) is 6.08 Å². The van der Waals surface area contributed by atoms with Crippen LogP contribution in [-0.2, 0) is 6.42 Å². The van der Waals surface area contributed by atoms with Crippen molar-refractivity contribution in [3.8, 4) is 0 Å². The van der Waals surface area contributed by atoms with Gasteiger partial charge in [0.1, 0.15) is 0 Å². The van der Waals surface area contributed by atoms with Crippen LogP contribution in [0, 0.1) is 5.92 Å².